The number of nitrogens with zero attached hydrogens (tertiary/aromatic N) is 2. The predicted molar refractivity (Wildman–Crippen MR) is 38.4 cm³/mol. The number of halogens is 1. The zero-order valence-corrected chi connectivity index (χ0v) is 5.76. The van der Waals surface area contributed by atoms with Crippen LogP contribution in [0.15, 0.2) is 18.3 Å². The van der Waals surface area contributed by atoms with Gasteiger partial charge in [0.05, 0.1) is 5.56 Å². The van der Waals surface area contributed by atoms with Crippen molar-refractivity contribution in [2.75, 3.05) is 4.84 Å². The first-order chi connectivity index (χ1) is 4.88. The van der Waals surface area contributed by atoms with Gasteiger partial charge in [-0.1, -0.05) is 0 Å². The van der Waals surface area contributed by atoms with Crippen molar-refractivity contribution < 1.29 is 0 Å². The van der Waals surface area contributed by atoms with Gasteiger partial charge in [0, 0.05) is 18.0 Å². The van der Waals surface area contributed by atoms with Gasteiger partial charge in [-0.3, -0.25) is 4.84 Å². The second-order valence-corrected chi connectivity index (χ2v) is 1.79. The van der Waals surface area contributed by atoms with Crippen molar-refractivity contribution in [3.8, 4) is 6.07 Å². The standard InChI is InChI=1S/C6H4ClN3/c7-10-6-5(4-8)2-1-3-9-6/h1-3H,(H,9,10). The third kappa shape index (κ3) is 1.17. The lowest BCUT2D eigenvalue weighted by atomic mass is 10.3. The average Bonchev–Trinajstić information content (AvgIpc) is 2.04. The fourth-order valence-corrected chi connectivity index (χ4v) is 0.721. The molecule has 3 nitrogen and oxygen atoms in total. The van der Waals surface area contributed by atoms with Crippen LogP contribution in [-0.2, 0) is 0 Å². The van der Waals surface area contributed by atoms with Crippen LogP contribution in [-0.4, -0.2) is 4.98 Å². The maximum absolute atomic E-state index is 8.46. The molecule has 10 heavy (non-hydrogen) atoms. The number of nitrogens with one attached hydrogen (secondary N) is 1. The highest BCUT2D eigenvalue weighted by atomic mass is 35.5. The van der Waals surface area contributed by atoms with Crippen LogP contribution in [0, 0.1) is 11.3 Å². The van der Waals surface area contributed by atoms with Gasteiger partial charge < -0.3 is 0 Å². The highest BCUT2D eigenvalue weighted by molar-refractivity contribution is 6.23. The summed E-state index contributed by atoms with van der Waals surface area (Å²) in [6.07, 6.45) is 1.56. The Morgan fingerprint density at radius 1 is 1.70 bits per heavy atom. The molecular weight excluding hydrogens is 150 g/mol. The van der Waals surface area contributed by atoms with E-state index in [1.807, 2.05) is 6.07 Å². The van der Waals surface area contributed by atoms with Crippen molar-refractivity contribution in [3.05, 3.63) is 23.9 Å². The van der Waals surface area contributed by atoms with Gasteiger partial charge in [-0.15, -0.1) is 0 Å². The zero-order chi connectivity index (χ0) is 7.40. The van der Waals surface area contributed by atoms with Crippen LogP contribution in [0.4, 0.5) is 5.82 Å². The van der Waals surface area contributed by atoms with Gasteiger partial charge >= 0.3 is 0 Å². The number of aromatic nitrogens is 1. The second kappa shape index (κ2) is 3.04. The highest BCUT2D eigenvalue weighted by Gasteiger charge is 1.97. The largest absolute Gasteiger partial charge is 0.281 e. The zero-order valence-electron chi connectivity index (χ0n) is 5.00. The minimum atomic E-state index is 0.395. The Labute approximate surface area is 63.4 Å². The molecule has 1 aromatic rings. The molecule has 0 saturated heterocycles. The minimum absolute atomic E-state index is 0.395. The first-order valence-corrected chi connectivity index (χ1v) is 2.98. The molecule has 1 N–H and O–H groups in total. The second-order valence-electron chi connectivity index (χ2n) is 1.61. The van der Waals surface area contributed by atoms with E-state index in [0.717, 1.165) is 0 Å². The molecule has 0 amide bonds. The van der Waals surface area contributed by atoms with E-state index in [9.17, 15) is 0 Å². The fourth-order valence-electron chi connectivity index (χ4n) is 0.571. The number of rotatable bonds is 1. The average molecular weight is 154 g/mol. The third-order valence-corrected chi connectivity index (χ3v) is 1.20. The van der Waals surface area contributed by atoms with E-state index in [2.05, 4.69) is 9.82 Å². The summed E-state index contributed by atoms with van der Waals surface area (Å²) in [5.74, 6) is 0.395. The van der Waals surface area contributed by atoms with E-state index in [1.54, 1.807) is 18.3 Å². The van der Waals surface area contributed by atoms with E-state index >= 15 is 0 Å². The third-order valence-electron chi connectivity index (χ3n) is 1.02. The van der Waals surface area contributed by atoms with Gasteiger partial charge in [-0.05, 0) is 12.1 Å². The number of nitriles is 1. The number of hydrogen-bond acceptors (Lipinski definition) is 3. The van der Waals surface area contributed by atoms with E-state index in [-0.39, 0.29) is 0 Å². The summed E-state index contributed by atoms with van der Waals surface area (Å²) in [5, 5.41) is 8.46. The molecule has 0 aliphatic heterocycles. The first kappa shape index (κ1) is 6.84. The Morgan fingerprint density at radius 2 is 2.50 bits per heavy atom. The molecule has 0 spiro atoms. The van der Waals surface area contributed by atoms with Crippen molar-refractivity contribution in [1.82, 2.24) is 4.98 Å². The molecule has 1 aromatic heterocycles. The summed E-state index contributed by atoms with van der Waals surface area (Å²) < 4.78 is 0. The highest BCUT2D eigenvalue weighted by Crippen LogP contribution is 2.09. The van der Waals surface area contributed by atoms with E-state index in [1.165, 1.54) is 0 Å². The van der Waals surface area contributed by atoms with Crippen molar-refractivity contribution in [2.24, 2.45) is 0 Å². The van der Waals surface area contributed by atoms with Crippen LogP contribution in [0.3, 0.4) is 0 Å². The van der Waals surface area contributed by atoms with Crippen LogP contribution in [0.1, 0.15) is 5.56 Å². The van der Waals surface area contributed by atoms with Crippen LogP contribution in [0.25, 0.3) is 0 Å². The number of hydrogen-bond donors (Lipinski definition) is 1. The monoisotopic (exact) mass is 153 g/mol. The molecule has 0 bridgehead atoms. The molecule has 0 saturated carbocycles. The lowest BCUT2D eigenvalue weighted by Gasteiger charge is -1.95. The predicted octanol–water partition coefficient (Wildman–Crippen LogP) is 1.52. The summed E-state index contributed by atoms with van der Waals surface area (Å²) in [4.78, 5) is 6.09. The Morgan fingerprint density at radius 3 is 3.00 bits per heavy atom. The molecule has 4 heteroatoms. The summed E-state index contributed by atoms with van der Waals surface area (Å²) in [6.45, 7) is 0. The van der Waals surface area contributed by atoms with Crippen LogP contribution < -0.4 is 4.84 Å². The Hall–Kier alpha value is -1.27. The minimum Gasteiger partial charge on any atom is -0.281 e. The lowest BCUT2D eigenvalue weighted by Crippen LogP contribution is -1.88. The molecule has 50 valence electrons. The van der Waals surface area contributed by atoms with Gasteiger partial charge in [0.25, 0.3) is 0 Å². The van der Waals surface area contributed by atoms with Crippen molar-refractivity contribution in [3.63, 3.8) is 0 Å². The van der Waals surface area contributed by atoms with Crippen molar-refractivity contribution >= 4 is 17.6 Å². The van der Waals surface area contributed by atoms with Gasteiger partial charge in [-0.25, -0.2) is 4.98 Å². The molecule has 0 atom stereocenters. The molecule has 0 aliphatic rings. The normalized spacial score (nSPS) is 8.40. The quantitative estimate of drug-likeness (QED) is 0.623. The van der Waals surface area contributed by atoms with Gasteiger partial charge in [0.15, 0.2) is 5.82 Å². The van der Waals surface area contributed by atoms with Gasteiger partial charge in [0.1, 0.15) is 6.07 Å². The van der Waals surface area contributed by atoms with E-state index in [0.29, 0.717) is 11.4 Å². The van der Waals surface area contributed by atoms with Crippen LogP contribution >= 0.6 is 11.8 Å². The number of anilines is 1. The van der Waals surface area contributed by atoms with Crippen molar-refractivity contribution in [2.45, 2.75) is 0 Å². The van der Waals surface area contributed by atoms with E-state index < -0.39 is 0 Å². The van der Waals surface area contributed by atoms with E-state index in [4.69, 9.17) is 17.0 Å². The molecule has 1 rings (SSSR count). The molecule has 0 fully saturated rings. The molecule has 0 aliphatic carbocycles. The summed E-state index contributed by atoms with van der Waals surface area (Å²) in [6, 6.07) is 5.25. The maximum Gasteiger partial charge on any atom is 0.158 e. The first-order valence-electron chi connectivity index (χ1n) is 2.60. The Balaban J connectivity index is 3.12. The molecule has 0 aromatic carbocycles. The molecule has 0 radical (unpaired) electrons. The Bertz CT molecular complexity index is 266. The SMILES string of the molecule is N#Cc1cccnc1NCl. The summed E-state index contributed by atoms with van der Waals surface area (Å²) in [5.41, 5.74) is 0.442. The van der Waals surface area contributed by atoms with Crippen LogP contribution in [0.5, 0.6) is 0 Å². The van der Waals surface area contributed by atoms with Crippen LogP contribution in [0.2, 0.25) is 0 Å². The topological polar surface area (TPSA) is 48.7 Å². The summed E-state index contributed by atoms with van der Waals surface area (Å²) >= 11 is 5.25. The Kier molecular flexibility index (Phi) is 2.08. The number of pyridine rings is 1. The summed E-state index contributed by atoms with van der Waals surface area (Å²) in [7, 11) is 0. The fraction of sp³-hybridized carbons (Fsp3) is 0. The molecular formula is C6H4ClN3. The maximum atomic E-state index is 8.46. The molecule has 1 heterocycles. The van der Waals surface area contributed by atoms with Crippen molar-refractivity contribution in [1.29, 1.82) is 5.26 Å². The van der Waals surface area contributed by atoms with Gasteiger partial charge in [0.2, 0.25) is 0 Å². The smallest absolute Gasteiger partial charge is 0.158 e. The molecule has 0 unspecified atom stereocenters. The lowest BCUT2D eigenvalue weighted by molar-refractivity contribution is 1.31. The van der Waals surface area contributed by atoms with Gasteiger partial charge in [-0.2, -0.15) is 5.26 Å².